The monoisotopic (exact) mass is 458 g/mol. The Bertz CT molecular complexity index is 1490. The van der Waals surface area contributed by atoms with Gasteiger partial charge in [0.1, 0.15) is 23.6 Å². The number of methoxy groups -OCH3 is 1. The van der Waals surface area contributed by atoms with E-state index in [4.69, 9.17) is 9.47 Å². The van der Waals surface area contributed by atoms with Crippen molar-refractivity contribution in [2.24, 2.45) is 0 Å². The highest BCUT2D eigenvalue weighted by Gasteiger charge is 2.20. The predicted molar refractivity (Wildman–Crippen MR) is 124 cm³/mol. The first kappa shape index (κ1) is 20.7. The minimum absolute atomic E-state index is 0.124. The molecule has 0 fully saturated rings. The van der Waals surface area contributed by atoms with Gasteiger partial charge in [-0.25, -0.2) is 14.5 Å². The van der Waals surface area contributed by atoms with Crippen molar-refractivity contribution in [1.29, 1.82) is 0 Å². The number of esters is 1. The minimum Gasteiger partial charge on any atom is -0.497 e. The summed E-state index contributed by atoms with van der Waals surface area (Å²) in [6, 6.07) is 18.1. The molecule has 0 amide bonds. The van der Waals surface area contributed by atoms with Gasteiger partial charge < -0.3 is 9.47 Å². The largest absolute Gasteiger partial charge is 0.497 e. The first-order chi connectivity index (χ1) is 16.1. The number of nitrogens with zero attached hydrogens (tertiary/aromatic N) is 4. The molecule has 5 aromatic rings. The van der Waals surface area contributed by atoms with Crippen LogP contribution < -0.4 is 10.3 Å². The van der Waals surface area contributed by atoms with E-state index in [2.05, 4.69) is 10.1 Å². The van der Waals surface area contributed by atoms with Gasteiger partial charge in [-0.3, -0.25) is 9.20 Å². The molecule has 0 N–H and O–H groups in total. The highest BCUT2D eigenvalue weighted by molar-refractivity contribution is 7.15. The van der Waals surface area contributed by atoms with Gasteiger partial charge in [0.25, 0.3) is 5.56 Å². The molecule has 0 atom stereocenters. The summed E-state index contributed by atoms with van der Waals surface area (Å²) in [5, 5.41) is 6.41. The highest BCUT2D eigenvalue weighted by Crippen LogP contribution is 2.26. The summed E-state index contributed by atoms with van der Waals surface area (Å²) in [7, 11) is 1.59. The fraction of sp³-hybridized carbons (Fsp3) is 0.0833. The summed E-state index contributed by atoms with van der Waals surface area (Å²) in [5.41, 5.74) is 2.50. The predicted octanol–water partition coefficient (Wildman–Crippen LogP) is 3.97. The number of rotatable bonds is 6. The molecule has 0 unspecified atom stereocenters. The molecule has 33 heavy (non-hydrogen) atoms. The van der Waals surface area contributed by atoms with E-state index in [1.807, 2.05) is 42.5 Å². The summed E-state index contributed by atoms with van der Waals surface area (Å²) in [6.07, 6.45) is 3.30. The van der Waals surface area contributed by atoms with Crippen molar-refractivity contribution in [3.05, 3.63) is 100 Å². The molecule has 0 aliphatic carbocycles. The van der Waals surface area contributed by atoms with E-state index in [0.29, 0.717) is 27.7 Å². The normalized spacial score (nSPS) is 10.9. The average molecular weight is 458 g/mol. The molecule has 0 bridgehead atoms. The van der Waals surface area contributed by atoms with Crippen LogP contribution >= 0.6 is 11.3 Å². The third-order valence-corrected chi connectivity index (χ3v) is 5.78. The van der Waals surface area contributed by atoms with Gasteiger partial charge in [0.2, 0.25) is 0 Å². The number of aromatic nitrogens is 4. The van der Waals surface area contributed by atoms with Crippen LogP contribution in [0.2, 0.25) is 0 Å². The van der Waals surface area contributed by atoms with Gasteiger partial charge in [-0.2, -0.15) is 5.10 Å². The molecule has 9 heteroatoms. The number of carbonyl (C=O) groups is 1. The third kappa shape index (κ3) is 4.13. The van der Waals surface area contributed by atoms with Crippen molar-refractivity contribution in [2.45, 2.75) is 6.61 Å². The number of ether oxygens (including phenoxy) is 2. The van der Waals surface area contributed by atoms with Gasteiger partial charge in [0.05, 0.1) is 18.5 Å². The molecule has 2 aromatic carbocycles. The van der Waals surface area contributed by atoms with Gasteiger partial charge in [-0.1, -0.05) is 18.2 Å². The molecular weight excluding hydrogens is 440 g/mol. The van der Waals surface area contributed by atoms with Crippen LogP contribution in [0.5, 0.6) is 5.75 Å². The van der Waals surface area contributed by atoms with Crippen LogP contribution in [0, 0.1) is 0 Å². The molecule has 3 heterocycles. The van der Waals surface area contributed by atoms with E-state index in [-0.39, 0.29) is 12.2 Å². The SMILES string of the molecule is COc1ccc(-c2nn(-c3ccccc3)cc2C(=O)OCc2cc(=O)n3ccsc3n2)cc1. The van der Waals surface area contributed by atoms with Crippen LogP contribution in [-0.4, -0.2) is 32.2 Å². The first-order valence-electron chi connectivity index (χ1n) is 10.0. The number of fused-ring (bicyclic) bond motifs is 1. The van der Waals surface area contributed by atoms with Crippen molar-refractivity contribution in [1.82, 2.24) is 19.2 Å². The molecule has 0 saturated carbocycles. The molecule has 0 spiro atoms. The zero-order chi connectivity index (χ0) is 22.8. The van der Waals surface area contributed by atoms with E-state index in [1.165, 1.54) is 21.8 Å². The molecule has 0 saturated heterocycles. The topological polar surface area (TPSA) is 87.7 Å². The van der Waals surface area contributed by atoms with E-state index in [0.717, 1.165) is 11.3 Å². The molecule has 5 rings (SSSR count). The molecular formula is C24H18N4O4S. The number of para-hydroxylation sites is 1. The summed E-state index contributed by atoms with van der Waals surface area (Å²) in [5.74, 6) is 0.142. The summed E-state index contributed by atoms with van der Waals surface area (Å²) in [4.78, 5) is 30.2. The number of hydrogen-bond donors (Lipinski definition) is 0. The van der Waals surface area contributed by atoms with Crippen LogP contribution in [-0.2, 0) is 11.3 Å². The Morgan fingerprint density at radius 1 is 1.09 bits per heavy atom. The van der Waals surface area contributed by atoms with E-state index in [1.54, 1.807) is 41.7 Å². The van der Waals surface area contributed by atoms with Crippen molar-refractivity contribution < 1.29 is 14.3 Å². The summed E-state index contributed by atoms with van der Waals surface area (Å²) < 4.78 is 13.8. The van der Waals surface area contributed by atoms with Crippen molar-refractivity contribution in [3.8, 4) is 22.7 Å². The van der Waals surface area contributed by atoms with Gasteiger partial charge >= 0.3 is 5.97 Å². The highest BCUT2D eigenvalue weighted by atomic mass is 32.1. The Morgan fingerprint density at radius 3 is 2.64 bits per heavy atom. The number of benzene rings is 2. The lowest BCUT2D eigenvalue weighted by Crippen LogP contribution is -2.14. The van der Waals surface area contributed by atoms with Gasteiger partial charge in [0.15, 0.2) is 4.96 Å². The van der Waals surface area contributed by atoms with Crippen LogP contribution in [0.15, 0.2) is 83.2 Å². The quantitative estimate of drug-likeness (QED) is 0.358. The smallest absolute Gasteiger partial charge is 0.342 e. The fourth-order valence-corrected chi connectivity index (χ4v) is 4.12. The number of hydrogen-bond acceptors (Lipinski definition) is 7. The zero-order valence-corrected chi connectivity index (χ0v) is 18.4. The Morgan fingerprint density at radius 2 is 1.88 bits per heavy atom. The third-order valence-electron chi connectivity index (χ3n) is 5.03. The summed E-state index contributed by atoms with van der Waals surface area (Å²) in [6.45, 7) is -0.124. The van der Waals surface area contributed by atoms with Crippen LogP contribution in [0.3, 0.4) is 0 Å². The van der Waals surface area contributed by atoms with Gasteiger partial charge in [-0.05, 0) is 36.4 Å². The van der Waals surface area contributed by atoms with Crippen molar-refractivity contribution in [3.63, 3.8) is 0 Å². The second kappa shape index (κ2) is 8.71. The van der Waals surface area contributed by atoms with E-state index in [9.17, 15) is 9.59 Å². The van der Waals surface area contributed by atoms with Gasteiger partial charge in [-0.15, -0.1) is 11.3 Å². The second-order valence-electron chi connectivity index (χ2n) is 7.12. The molecule has 0 radical (unpaired) electrons. The molecule has 0 aliphatic heterocycles. The van der Waals surface area contributed by atoms with Gasteiger partial charge in [0, 0.05) is 29.4 Å². The Hall–Kier alpha value is -4.24. The Labute approximate surface area is 192 Å². The average Bonchev–Trinajstić information content (AvgIpc) is 3.51. The van der Waals surface area contributed by atoms with E-state index >= 15 is 0 Å². The van der Waals surface area contributed by atoms with Crippen LogP contribution in [0.25, 0.3) is 21.9 Å². The molecule has 164 valence electrons. The second-order valence-corrected chi connectivity index (χ2v) is 7.99. The van der Waals surface area contributed by atoms with Crippen molar-refractivity contribution in [2.75, 3.05) is 7.11 Å². The number of thiazole rings is 1. The Kier molecular flexibility index (Phi) is 5.45. The molecule has 3 aromatic heterocycles. The Balaban J connectivity index is 1.47. The maximum atomic E-state index is 13.1. The molecule has 0 aliphatic rings. The van der Waals surface area contributed by atoms with Crippen molar-refractivity contribution >= 4 is 22.3 Å². The fourth-order valence-electron chi connectivity index (χ4n) is 3.38. The van der Waals surface area contributed by atoms with Crippen LogP contribution in [0.1, 0.15) is 16.1 Å². The maximum absolute atomic E-state index is 13.1. The standard InChI is InChI=1S/C24H18N4O4S/c1-31-19-9-7-16(8-10-19)22-20(14-28(26-22)18-5-3-2-4-6-18)23(30)32-15-17-13-21(29)27-11-12-33-24(27)25-17/h2-14H,15H2,1H3. The maximum Gasteiger partial charge on any atom is 0.342 e. The number of carbonyl (C=O) groups excluding carboxylic acids is 1. The lowest BCUT2D eigenvalue weighted by atomic mass is 10.1. The van der Waals surface area contributed by atoms with E-state index < -0.39 is 5.97 Å². The minimum atomic E-state index is -0.559. The lowest BCUT2D eigenvalue weighted by molar-refractivity contribution is 0.0468. The van der Waals surface area contributed by atoms with Crippen LogP contribution in [0.4, 0.5) is 0 Å². The lowest BCUT2D eigenvalue weighted by Gasteiger charge is -2.06. The first-order valence-corrected chi connectivity index (χ1v) is 10.9. The summed E-state index contributed by atoms with van der Waals surface area (Å²) >= 11 is 1.34. The zero-order valence-electron chi connectivity index (χ0n) is 17.5. The molecule has 8 nitrogen and oxygen atoms in total.